The van der Waals surface area contributed by atoms with Gasteiger partial charge in [-0.3, -0.25) is 0 Å². The highest BCUT2D eigenvalue weighted by Gasteiger charge is 2.28. The van der Waals surface area contributed by atoms with Crippen LogP contribution in [0.2, 0.25) is 0 Å². The van der Waals surface area contributed by atoms with Crippen LogP contribution in [0, 0.1) is 6.92 Å². The third-order valence-corrected chi connectivity index (χ3v) is 6.19. The first-order valence-electron chi connectivity index (χ1n) is 8.65. The summed E-state index contributed by atoms with van der Waals surface area (Å²) in [4.78, 5) is 17.5. The molecule has 2 aliphatic rings. The number of aryl methyl sites for hydroxylation is 1. The summed E-state index contributed by atoms with van der Waals surface area (Å²) in [6, 6.07) is 2.06. The Labute approximate surface area is 143 Å². The molecule has 0 atom stereocenters. The van der Waals surface area contributed by atoms with Gasteiger partial charge in [0.1, 0.15) is 22.6 Å². The molecule has 1 aliphatic heterocycles. The molecule has 0 unspecified atom stereocenters. The molecule has 4 nitrogen and oxygen atoms in total. The minimum absolute atomic E-state index is 0.555. The van der Waals surface area contributed by atoms with Crippen LogP contribution in [0.1, 0.15) is 43.1 Å². The molecule has 0 amide bonds. The predicted molar refractivity (Wildman–Crippen MR) is 95.8 cm³/mol. The maximum atomic E-state index is 13.5. The Bertz CT molecular complexity index is 926. The van der Waals surface area contributed by atoms with Gasteiger partial charge in [0.2, 0.25) is 0 Å². The molecule has 5 rings (SSSR count). The molecule has 124 valence electrons. The second kappa shape index (κ2) is 5.34. The zero-order valence-electron chi connectivity index (χ0n) is 13.6. The Kier molecular flexibility index (Phi) is 3.23. The van der Waals surface area contributed by atoms with Crippen molar-refractivity contribution in [3.05, 3.63) is 23.8 Å². The van der Waals surface area contributed by atoms with Gasteiger partial charge in [-0.1, -0.05) is 0 Å². The Morgan fingerprint density at radius 1 is 1.17 bits per heavy atom. The van der Waals surface area contributed by atoms with E-state index in [1.165, 1.54) is 18.2 Å². The van der Waals surface area contributed by atoms with Crippen LogP contribution < -0.4 is 4.90 Å². The van der Waals surface area contributed by atoms with Gasteiger partial charge in [-0.25, -0.2) is 19.3 Å². The van der Waals surface area contributed by atoms with E-state index in [2.05, 4.69) is 22.9 Å². The van der Waals surface area contributed by atoms with Gasteiger partial charge in [-0.05, 0) is 38.7 Å². The Balaban J connectivity index is 1.68. The fourth-order valence-corrected chi connectivity index (χ4v) is 4.84. The summed E-state index contributed by atoms with van der Waals surface area (Å²) < 4.78 is 14.6. The lowest BCUT2D eigenvalue weighted by atomic mass is 10.1. The van der Waals surface area contributed by atoms with E-state index in [0.717, 1.165) is 45.3 Å². The molecule has 3 aromatic heterocycles. The summed E-state index contributed by atoms with van der Waals surface area (Å²) in [5.74, 6) is 2.54. The van der Waals surface area contributed by atoms with E-state index in [4.69, 9.17) is 9.97 Å². The topological polar surface area (TPSA) is 41.9 Å². The van der Waals surface area contributed by atoms with Crippen molar-refractivity contribution in [3.8, 4) is 0 Å². The van der Waals surface area contributed by atoms with Crippen LogP contribution in [0.3, 0.4) is 0 Å². The van der Waals surface area contributed by atoms with Crippen molar-refractivity contribution < 1.29 is 4.39 Å². The summed E-state index contributed by atoms with van der Waals surface area (Å²) in [5.41, 5.74) is 1.06. The fourth-order valence-electron chi connectivity index (χ4n) is 3.59. The Morgan fingerprint density at radius 2 is 1.96 bits per heavy atom. The second-order valence-electron chi connectivity index (χ2n) is 6.90. The van der Waals surface area contributed by atoms with E-state index in [1.807, 2.05) is 6.20 Å². The van der Waals surface area contributed by atoms with Crippen molar-refractivity contribution in [2.45, 2.75) is 44.7 Å². The predicted octanol–water partition coefficient (Wildman–Crippen LogP) is 4.36. The van der Waals surface area contributed by atoms with Crippen LogP contribution in [0.15, 0.2) is 12.3 Å². The molecular formula is C18H19FN4S. The van der Waals surface area contributed by atoms with Gasteiger partial charge in [-0.2, -0.15) is 0 Å². The minimum Gasteiger partial charge on any atom is -0.355 e. The maximum absolute atomic E-state index is 13.5. The van der Waals surface area contributed by atoms with E-state index < -0.39 is 6.17 Å². The highest BCUT2D eigenvalue weighted by atomic mass is 32.1. The summed E-state index contributed by atoms with van der Waals surface area (Å²) in [6.45, 7) is 3.55. The third kappa shape index (κ3) is 2.27. The van der Waals surface area contributed by atoms with Gasteiger partial charge >= 0.3 is 0 Å². The molecular weight excluding hydrogens is 323 g/mol. The number of rotatable bonds is 2. The first-order valence-corrected chi connectivity index (χ1v) is 9.47. The largest absolute Gasteiger partial charge is 0.355 e. The standard InChI is InChI=1S/C18H19FN4S/c1-10-14-13-4-7-20-17(23-8-5-12(19)6-9-23)15(13)24-18(14)22-16(21-10)11-2-3-11/h4,7,11-12H,2-3,5-6,8-9H2,1H3. The van der Waals surface area contributed by atoms with Crippen molar-refractivity contribution in [3.63, 3.8) is 0 Å². The average Bonchev–Trinajstić information content (AvgIpc) is 3.35. The third-order valence-electron chi connectivity index (χ3n) is 5.09. The number of pyridine rings is 1. The molecule has 0 N–H and O–H groups in total. The minimum atomic E-state index is -0.669. The highest BCUT2D eigenvalue weighted by molar-refractivity contribution is 7.26. The van der Waals surface area contributed by atoms with Crippen molar-refractivity contribution in [2.24, 2.45) is 0 Å². The zero-order valence-corrected chi connectivity index (χ0v) is 14.4. The molecule has 3 aromatic rings. The van der Waals surface area contributed by atoms with E-state index in [0.29, 0.717) is 18.8 Å². The summed E-state index contributed by atoms with van der Waals surface area (Å²) >= 11 is 1.71. The molecule has 4 heterocycles. The van der Waals surface area contributed by atoms with Crippen LogP contribution in [0.5, 0.6) is 0 Å². The van der Waals surface area contributed by atoms with Crippen molar-refractivity contribution in [1.29, 1.82) is 0 Å². The van der Waals surface area contributed by atoms with Gasteiger partial charge in [0.15, 0.2) is 0 Å². The fraction of sp³-hybridized carbons (Fsp3) is 0.500. The lowest BCUT2D eigenvalue weighted by molar-refractivity contribution is 0.277. The molecule has 1 saturated heterocycles. The number of hydrogen-bond acceptors (Lipinski definition) is 5. The van der Waals surface area contributed by atoms with Gasteiger partial charge in [0.25, 0.3) is 0 Å². The smallest absolute Gasteiger partial charge is 0.146 e. The number of piperidine rings is 1. The van der Waals surface area contributed by atoms with Crippen LogP contribution in [-0.2, 0) is 0 Å². The first kappa shape index (κ1) is 14.5. The second-order valence-corrected chi connectivity index (χ2v) is 7.90. The SMILES string of the molecule is Cc1nc(C2CC2)nc2sc3c(N4CCC(F)CC4)nccc3c12. The van der Waals surface area contributed by atoms with Crippen LogP contribution >= 0.6 is 11.3 Å². The molecule has 24 heavy (non-hydrogen) atoms. The highest BCUT2D eigenvalue weighted by Crippen LogP contribution is 2.43. The molecule has 6 heteroatoms. The normalized spacial score (nSPS) is 19.5. The van der Waals surface area contributed by atoms with Crippen molar-refractivity contribution >= 4 is 37.5 Å². The average molecular weight is 342 g/mol. The molecule has 0 bridgehead atoms. The number of hydrogen-bond donors (Lipinski definition) is 0. The number of nitrogens with zero attached hydrogens (tertiary/aromatic N) is 4. The molecule has 0 aromatic carbocycles. The van der Waals surface area contributed by atoms with E-state index >= 15 is 0 Å². The maximum Gasteiger partial charge on any atom is 0.146 e. The molecule has 0 spiro atoms. The van der Waals surface area contributed by atoms with Gasteiger partial charge in [0, 0.05) is 36.0 Å². The molecule has 1 saturated carbocycles. The lowest BCUT2D eigenvalue weighted by Gasteiger charge is -2.29. The summed E-state index contributed by atoms with van der Waals surface area (Å²) in [7, 11) is 0. The summed E-state index contributed by atoms with van der Waals surface area (Å²) in [6.07, 6.45) is 4.79. The monoisotopic (exact) mass is 342 g/mol. The van der Waals surface area contributed by atoms with E-state index in [-0.39, 0.29) is 0 Å². The van der Waals surface area contributed by atoms with Crippen LogP contribution in [0.4, 0.5) is 10.2 Å². The van der Waals surface area contributed by atoms with E-state index in [9.17, 15) is 4.39 Å². The van der Waals surface area contributed by atoms with E-state index in [1.54, 1.807) is 11.3 Å². The number of aromatic nitrogens is 3. The number of fused-ring (bicyclic) bond motifs is 3. The van der Waals surface area contributed by atoms with Gasteiger partial charge in [0.05, 0.1) is 10.4 Å². The van der Waals surface area contributed by atoms with Crippen LogP contribution in [-0.4, -0.2) is 34.2 Å². The number of alkyl halides is 1. The van der Waals surface area contributed by atoms with Crippen LogP contribution in [0.25, 0.3) is 20.3 Å². The van der Waals surface area contributed by atoms with Gasteiger partial charge in [-0.15, -0.1) is 11.3 Å². The first-order chi connectivity index (χ1) is 11.7. The van der Waals surface area contributed by atoms with Crippen molar-refractivity contribution in [2.75, 3.05) is 18.0 Å². The molecule has 1 aliphatic carbocycles. The number of anilines is 1. The number of halogens is 1. The Morgan fingerprint density at radius 3 is 2.71 bits per heavy atom. The Hall–Kier alpha value is -1.82. The summed E-state index contributed by atoms with van der Waals surface area (Å²) in [5, 5.41) is 2.34. The molecule has 0 radical (unpaired) electrons. The number of thiophene rings is 1. The van der Waals surface area contributed by atoms with Crippen molar-refractivity contribution in [1.82, 2.24) is 15.0 Å². The van der Waals surface area contributed by atoms with Gasteiger partial charge < -0.3 is 4.90 Å². The lowest BCUT2D eigenvalue weighted by Crippen LogP contribution is -2.34. The zero-order chi connectivity index (χ0) is 16.3. The quantitative estimate of drug-likeness (QED) is 0.694. The molecule has 2 fully saturated rings.